The number of aliphatic hydroxyl groups excluding tert-OH is 2. The fourth-order valence-corrected chi connectivity index (χ4v) is 3.38. The Bertz CT molecular complexity index is 365. The lowest BCUT2D eigenvalue weighted by atomic mass is 9.71. The van der Waals surface area contributed by atoms with Crippen molar-refractivity contribution in [2.75, 3.05) is 13.2 Å². The summed E-state index contributed by atoms with van der Waals surface area (Å²) in [6.07, 6.45) is 5.49. The van der Waals surface area contributed by atoms with Crippen molar-refractivity contribution in [1.82, 2.24) is 0 Å². The molecule has 1 aliphatic carbocycles. The number of halogens is 1. The first-order valence-corrected chi connectivity index (χ1v) is 7.46. The van der Waals surface area contributed by atoms with Crippen LogP contribution in [0.1, 0.15) is 31.2 Å². The standard InChI is InChI=1S/C15H21BrO2/c16-14-7-5-12(6-8-14)9-15(10-17,11-18)13-3-1-2-4-13/h5-8,13,17-18H,1-4,9-11H2. The van der Waals surface area contributed by atoms with Crippen molar-refractivity contribution < 1.29 is 10.2 Å². The molecule has 18 heavy (non-hydrogen) atoms. The molecule has 0 aliphatic heterocycles. The maximum Gasteiger partial charge on any atom is 0.0515 e. The number of hydrogen-bond donors (Lipinski definition) is 2. The molecule has 3 heteroatoms. The van der Waals surface area contributed by atoms with Crippen LogP contribution in [0.3, 0.4) is 0 Å². The van der Waals surface area contributed by atoms with Gasteiger partial charge >= 0.3 is 0 Å². The van der Waals surface area contributed by atoms with E-state index in [0.29, 0.717) is 5.92 Å². The molecule has 2 nitrogen and oxygen atoms in total. The zero-order valence-electron chi connectivity index (χ0n) is 10.6. The first-order chi connectivity index (χ1) is 8.70. The van der Waals surface area contributed by atoms with Crippen molar-refractivity contribution in [3.63, 3.8) is 0 Å². The van der Waals surface area contributed by atoms with Crippen LogP contribution in [-0.2, 0) is 6.42 Å². The third-order valence-electron chi connectivity index (χ3n) is 4.32. The summed E-state index contributed by atoms with van der Waals surface area (Å²) in [5.41, 5.74) is 0.845. The summed E-state index contributed by atoms with van der Waals surface area (Å²) in [4.78, 5) is 0. The van der Waals surface area contributed by atoms with Gasteiger partial charge in [0.05, 0.1) is 13.2 Å². The number of rotatable bonds is 5. The van der Waals surface area contributed by atoms with E-state index in [-0.39, 0.29) is 18.6 Å². The molecule has 0 saturated heterocycles. The van der Waals surface area contributed by atoms with Gasteiger partial charge in [-0.1, -0.05) is 40.9 Å². The predicted octanol–water partition coefficient (Wildman–Crippen LogP) is 3.15. The zero-order chi connectivity index (χ0) is 13.0. The van der Waals surface area contributed by atoms with E-state index < -0.39 is 0 Å². The highest BCUT2D eigenvalue weighted by molar-refractivity contribution is 9.10. The Labute approximate surface area is 117 Å². The van der Waals surface area contributed by atoms with Gasteiger partial charge in [-0.05, 0) is 42.9 Å². The monoisotopic (exact) mass is 312 g/mol. The van der Waals surface area contributed by atoms with Crippen LogP contribution in [0.2, 0.25) is 0 Å². The van der Waals surface area contributed by atoms with Crippen molar-refractivity contribution in [3.8, 4) is 0 Å². The van der Waals surface area contributed by atoms with Crippen LogP contribution in [0.15, 0.2) is 28.7 Å². The average Bonchev–Trinajstić information content (AvgIpc) is 2.93. The Morgan fingerprint density at radius 3 is 2.11 bits per heavy atom. The first-order valence-electron chi connectivity index (χ1n) is 6.66. The molecule has 1 aromatic carbocycles. The topological polar surface area (TPSA) is 40.5 Å². The smallest absolute Gasteiger partial charge is 0.0515 e. The Hall–Kier alpha value is -0.380. The van der Waals surface area contributed by atoms with Gasteiger partial charge in [0.15, 0.2) is 0 Å². The lowest BCUT2D eigenvalue weighted by Gasteiger charge is -2.36. The minimum atomic E-state index is -0.343. The summed E-state index contributed by atoms with van der Waals surface area (Å²) in [7, 11) is 0. The van der Waals surface area contributed by atoms with Crippen molar-refractivity contribution in [2.24, 2.45) is 11.3 Å². The molecule has 100 valence electrons. The lowest BCUT2D eigenvalue weighted by Crippen LogP contribution is -2.39. The van der Waals surface area contributed by atoms with Gasteiger partial charge < -0.3 is 10.2 Å². The summed E-state index contributed by atoms with van der Waals surface area (Å²) in [5, 5.41) is 19.6. The molecular weight excluding hydrogens is 292 g/mol. The number of aliphatic hydroxyl groups is 2. The summed E-state index contributed by atoms with van der Waals surface area (Å²) < 4.78 is 1.06. The minimum absolute atomic E-state index is 0.0736. The Balaban J connectivity index is 2.16. The zero-order valence-corrected chi connectivity index (χ0v) is 12.2. The SMILES string of the molecule is OCC(CO)(Cc1ccc(Br)cc1)C1CCCC1. The molecule has 1 saturated carbocycles. The van der Waals surface area contributed by atoms with E-state index in [1.807, 2.05) is 12.1 Å². The highest BCUT2D eigenvalue weighted by Gasteiger charge is 2.39. The molecule has 0 amide bonds. The third-order valence-corrected chi connectivity index (χ3v) is 4.85. The lowest BCUT2D eigenvalue weighted by molar-refractivity contribution is 0.00570. The molecule has 0 spiro atoms. The van der Waals surface area contributed by atoms with Gasteiger partial charge in [0.2, 0.25) is 0 Å². The summed E-state index contributed by atoms with van der Waals surface area (Å²) >= 11 is 3.43. The van der Waals surface area contributed by atoms with Crippen LogP contribution in [-0.4, -0.2) is 23.4 Å². The van der Waals surface area contributed by atoms with Crippen LogP contribution in [0, 0.1) is 11.3 Å². The van der Waals surface area contributed by atoms with Crippen LogP contribution in [0.25, 0.3) is 0 Å². The highest BCUT2D eigenvalue weighted by atomic mass is 79.9. The maximum atomic E-state index is 9.78. The molecule has 0 radical (unpaired) electrons. The third kappa shape index (κ3) is 2.95. The molecule has 2 rings (SSSR count). The van der Waals surface area contributed by atoms with E-state index in [1.54, 1.807) is 0 Å². The van der Waals surface area contributed by atoms with Gasteiger partial charge in [-0.15, -0.1) is 0 Å². The number of benzene rings is 1. The second-order valence-corrected chi connectivity index (χ2v) is 6.38. The van der Waals surface area contributed by atoms with E-state index in [9.17, 15) is 10.2 Å². The van der Waals surface area contributed by atoms with E-state index in [0.717, 1.165) is 23.7 Å². The molecule has 1 aliphatic rings. The predicted molar refractivity (Wildman–Crippen MR) is 76.4 cm³/mol. The van der Waals surface area contributed by atoms with Crippen LogP contribution in [0.4, 0.5) is 0 Å². The van der Waals surface area contributed by atoms with Crippen LogP contribution < -0.4 is 0 Å². The Morgan fingerprint density at radius 2 is 1.61 bits per heavy atom. The maximum absolute atomic E-state index is 9.78. The first kappa shape index (κ1) is 14.0. The Kier molecular flexibility index (Phi) is 4.82. The summed E-state index contributed by atoms with van der Waals surface area (Å²) in [5.74, 6) is 0.455. The van der Waals surface area contributed by atoms with Crippen molar-refractivity contribution in [3.05, 3.63) is 34.3 Å². The fraction of sp³-hybridized carbons (Fsp3) is 0.600. The average molecular weight is 313 g/mol. The van der Waals surface area contributed by atoms with E-state index in [1.165, 1.54) is 18.4 Å². The van der Waals surface area contributed by atoms with E-state index in [2.05, 4.69) is 28.1 Å². The molecular formula is C15H21BrO2. The van der Waals surface area contributed by atoms with Crippen molar-refractivity contribution in [2.45, 2.75) is 32.1 Å². The van der Waals surface area contributed by atoms with Gasteiger partial charge in [0.1, 0.15) is 0 Å². The molecule has 0 aromatic heterocycles. The second-order valence-electron chi connectivity index (χ2n) is 5.46. The molecule has 0 bridgehead atoms. The van der Waals surface area contributed by atoms with Crippen molar-refractivity contribution in [1.29, 1.82) is 0 Å². The van der Waals surface area contributed by atoms with Crippen LogP contribution >= 0.6 is 15.9 Å². The molecule has 1 aromatic rings. The fourth-order valence-electron chi connectivity index (χ4n) is 3.11. The second kappa shape index (κ2) is 6.18. The van der Waals surface area contributed by atoms with Gasteiger partial charge in [-0.2, -0.15) is 0 Å². The van der Waals surface area contributed by atoms with E-state index in [4.69, 9.17) is 0 Å². The van der Waals surface area contributed by atoms with Gasteiger partial charge in [-0.25, -0.2) is 0 Å². The molecule has 0 unspecified atom stereocenters. The minimum Gasteiger partial charge on any atom is -0.396 e. The van der Waals surface area contributed by atoms with Gasteiger partial charge in [-0.3, -0.25) is 0 Å². The molecule has 0 atom stereocenters. The largest absolute Gasteiger partial charge is 0.396 e. The number of hydrogen-bond acceptors (Lipinski definition) is 2. The quantitative estimate of drug-likeness (QED) is 0.877. The van der Waals surface area contributed by atoms with E-state index >= 15 is 0 Å². The molecule has 1 fully saturated rings. The Morgan fingerprint density at radius 1 is 1.06 bits per heavy atom. The van der Waals surface area contributed by atoms with Crippen molar-refractivity contribution >= 4 is 15.9 Å². The molecule has 2 N–H and O–H groups in total. The van der Waals surface area contributed by atoms with Gasteiger partial charge in [0.25, 0.3) is 0 Å². The van der Waals surface area contributed by atoms with Crippen LogP contribution in [0.5, 0.6) is 0 Å². The summed E-state index contributed by atoms with van der Waals surface area (Å²) in [6, 6.07) is 8.17. The normalized spacial score (nSPS) is 17.3. The van der Waals surface area contributed by atoms with Gasteiger partial charge in [0, 0.05) is 9.89 Å². The summed E-state index contributed by atoms with van der Waals surface area (Å²) in [6.45, 7) is 0.147. The highest BCUT2D eigenvalue weighted by Crippen LogP contribution is 2.41. The molecule has 0 heterocycles.